The van der Waals surface area contributed by atoms with Gasteiger partial charge in [-0.2, -0.15) is 0 Å². The van der Waals surface area contributed by atoms with Crippen LogP contribution in [-0.4, -0.2) is 34.2 Å². The van der Waals surface area contributed by atoms with E-state index in [1.54, 1.807) is 24.3 Å². The highest BCUT2D eigenvalue weighted by Crippen LogP contribution is 2.25. The fourth-order valence-electron chi connectivity index (χ4n) is 1.70. The number of anilines is 2. The third-order valence-corrected chi connectivity index (χ3v) is 4.66. The maximum atomic E-state index is 12.0. The Morgan fingerprint density at radius 2 is 2.05 bits per heavy atom. The lowest BCUT2D eigenvalue weighted by atomic mass is 10.1. The lowest BCUT2D eigenvalue weighted by Gasteiger charge is -2.08. The summed E-state index contributed by atoms with van der Waals surface area (Å²) in [6, 6.07) is 6.96. The Labute approximate surface area is 136 Å². The summed E-state index contributed by atoms with van der Waals surface area (Å²) in [4.78, 5) is 23.5. The van der Waals surface area contributed by atoms with Crippen LogP contribution in [0.25, 0.3) is 0 Å². The molecule has 1 amide bonds. The van der Waals surface area contributed by atoms with E-state index in [9.17, 15) is 9.59 Å². The summed E-state index contributed by atoms with van der Waals surface area (Å²) in [6.07, 6.45) is 0. The minimum Gasteiger partial charge on any atom is -0.360 e. The second-order valence-corrected chi connectivity index (χ2v) is 6.54. The third kappa shape index (κ3) is 4.54. The molecule has 2 aromatic rings. The summed E-state index contributed by atoms with van der Waals surface area (Å²) in [6.45, 7) is 4.24. The van der Waals surface area contributed by atoms with Crippen molar-refractivity contribution in [2.45, 2.75) is 18.2 Å². The molecule has 0 aliphatic heterocycles. The molecule has 0 aliphatic carbocycles. The summed E-state index contributed by atoms with van der Waals surface area (Å²) < 4.78 is 0.728. The first-order chi connectivity index (χ1) is 10.6. The topological polar surface area (TPSA) is 84.0 Å². The first-order valence-electron chi connectivity index (χ1n) is 6.70. The molecule has 8 heteroatoms. The molecule has 1 heterocycles. The van der Waals surface area contributed by atoms with Gasteiger partial charge in [-0.25, -0.2) is 0 Å². The molecular formula is C14H16N4O2S2. The van der Waals surface area contributed by atoms with Crippen molar-refractivity contribution in [2.24, 2.45) is 0 Å². The van der Waals surface area contributed by atoms with E-state index in [0.717, 1.165) is 16.0 Å². The Morgan fingerprint density at radius 3 is 2.77 bits per heavy atom. The molecule has 0 atom stereocenters. The van der Waals surface area contributed by atoms with Crippen molar-refractivity contribution in [3.05, 3.63) is 29.8 Å². The summed E-state index contributed by atoms with van der Waals surface area (Å²) >= 11 is 2.73. The molecule has 2 N–H and O–H groups in total. The molecule has 0 radical (unpaired) electrons. The van der Waals surface area contributed by atoms with Gasteiger partial charge in [-0.15, -0.1) is 10.2 Å². The number of Topliss-reactive ketones (excluding diaryl/α,β-unsaturated/α-hetero) is 1. The van der Waals surface area contributed by atoms with Gasteiger partial charge < -0.3 is 10.6 Å². The van der Waals surface area contributed by atoms with Gasteiger partial charge in [0.15, 0.2) is 10.1 Å². The van der Waals surface area contributed by atoms with Crippen molar-refractivity contribution in [2.75, 3.05) is 22.9 Å². The predicted octanol–water partition coefficient (Wildman–Crippen LogP) is 2.90. The van der Waals surface area contributed by atoms with Gasteiger partial charge in [0, 0.05) is 12.1 Å². The molecule has 0 spiro atoms. The number of nitrogens with zero attached hydrogens (tertiary/aromatic N) is 2. The number of hydrogen-bond donors (Lipinski definition) is 2. The van der Waals surface area contributed by atoms with E-state index in [2.05, 4.69) is 20.8 Å². The third-order valence-electron chi connectivity index (χ3n) is 2.64. The monoisotopic (exact) mass is 336 g/mol. The highest BCUT2D eigenvalue weighted by Gasteiger charge is 2.11. The van der Waals surface area contributed by atoms with E-state index < -0.39 is 0 Å². The first kappa shape index (κ1) is 16.4. The van der Waals surface area contributed by atoms with E-state index in [0.29, 0.717) is 11.3 Å². The minimum absolute atomic E-state index is 0.0806. The Balaban J connectivity index is 1.91. The predicted molar refractivity (Wildman–Crippen MR) is 89.9 cm³/mol. The molecule has 22 heavy (non-hydrogen) atoms. The Morgan fingerprint density at radius 1 is 1.27 bits per heavy atom. The van der Waals surface area contributed by atoms with E-state index in [-0.39, 0.29) is 17.4 Å². The SMILES string of the molecule is CCNc1nnc(SCC(=O)Nc2ccccc2C(C)=O)s1. The van der Waals surface area contributed by atoms with Crippen LogP contribution >= 0.6 is 23.1 Å². The second kappa shape index (κ2) is 7.90. The summed E-state index contributed by atoms with van der Waals surface area (Å²) in [5.41, 5.74) is 1.04. The van der Waals surface area contributed by atoms with E-state index in [1.807, 2.05) is 6.92 Å². The molecule has 0 fully saturated rings. The van der Waals surface area contributed by atoms with Gasteiger partial charge in [-0.05, 0) is 26.0 Å². The number of amides is 1. The number of hydrogen-bond acceptors (Lipinski definition) is 7. The summed E-state index contributed by atoms with van der Waals surface area (Å²) in [5, 5.41) is 14.5. The van der Waals surface area contributed by atoms with Crippen molar-refractivity contribution < 1.29 is 9.59 Å². The molecule has 0 saturated carbocycles. The lowest BCUT2D eigenvalue weighted by Crippen LogP contribution is -2.16. The van der Waals surface area contributed by atoms with Crippen LogP contribution in [0.5, 0.6) is 0 Å². The van der Waals surface area contributed by atoms with E-state index in [4.69, 9.17) is 0 Å². The van der Waals surface area contributed by atoms with Crippen LogP contribution in [0.4, 0.5) is 10.8 Å². The van der Waals surface area contributed by atoms with Crippen LogP contribution in [-0.2, 0) is 4.79 Å². The van der Waals surface area contributed by atoms with Crippen molar-refractivity contribution >= 4 is 45.6 Å². The second-order valence-electron chi connectivity index (χ2n) is 4.34. The van der Waals surface area contributed by atoms with Crippen molar-refractivity contribution in [1.82, 2.24) is 10.2 Å². The lowest BCUT2D eigenvalue weighted by molar-refractivity contribution is -0.113. The highest BCUT2D eigenvalue weighted by molar-refractivity contribution is 8.01. The molecule has 0 unspecified atom stereocenters. The Kier molecular flexibility index (Phi) is 5.91. The zero-order valence-electron chi connectivity index (χ0n) is 12.3. The van der Waals surface area contributed by atoms with Gasteiger partial charge in [0.05, 0.1) is 11.4 Å². The average molecular weight is 336 g/mol. The Bertz CT molecular complexity index is 672. The van der Waals surface area contributed by atoms with Gasteiger partial charge in [-0.1, -0.05) is 35.2 Å². The standard InChI is InChI=1S/C14H16N4O2S2/c1-3-15-13-17-18-14(22-13)21-8-12(20)16-11-7-5-4-6-10(11)9(2)19/h4-7H,3,8H2,1-2H3,(H,15,17)(H,16,20). The number of benzene rings is 1. The maximum absolute atomic E-state index is 12.0. The Hall–Kier alpha value is -1.93. The number of para-hydroxylation sites is 1. The van der Waals surface area contributed by atoms with E-state index >= 15 is 0 Å². The number of ketones is 1. The summed E-state index contributed by atoms with van der Waals surface area (Å²) in [5.74, 6) is -0.0469. The van der Waals surface area contributed by atoms with Gasteiger partial charge in [-0.3, -0.25) is 9.59 Å². The van der Waals surface area contributed by atoms with Crippen LogP contribution in [0, 0.1) is 0 Å². The zero-order valence-corrected chi connectivity index (χ0v) is 13.9. The van der Waals surface area contributed by atoms with Crippen LogP contribution in [0.2, 0.25) is 0 Å². The molecule has 2 rings (SSSR count). The molecule has 0 saturated heterocycles. The van der Waals surface area contributed by atoms with Gasteiger partial charge >= 0.3 is 0 Å². The van der Waals surface area contributed by atoms with E-state index in [1.165, 1.54) is 30.0 Å². The number of nitrogens with one attached hydrogen (secondary N) is 2. The number of aromatic nitrogens is 2. The van der Waals surface area contributed by atoms with Crippen LogP contribution in [0.3, 0.4) is 0 Å². The highest BCUT2D eigenvalue weighted by atomic mass is 32.2. The van der Waals surface area contributed by atoms with Gasteiger partial charge in [0.1, 0.15) is 0 Å². The molecule has 6 nitrogen and oxygen atoms in total. The smallest absolute Gasteiger partial charge is 0.234 e. The van der Waals surface area contributed by atoms with Crippen molar-refractivity contribution in [3.63, 3.8) is 0 Å². The van der Waals surface area contributed by atoms with Crippen LogP contribution < -0.4 is 10.6 Å². The minimum atomic E-state index is -0.182. The first-order valence-corrected chi connectivity index (χ1v) is 8.50. The fraction of sp³-hybridized carbons (Fsp3) is 0.286. The number of thioether (sulfide) groups is 1. The number of carbonyl (C=O) groups is 2. The largest absolute Gasteiger partial charge is 0.360 e. The molecule has 1 aromatic carbocycles. The zero-order chi connectivity index (χ0) is 15.9. The average Bonchev–Trinajstić information content (AvgIpc) is 2.94. The molecular weight excluding hydrogens is 320 g/mol. The summed E-state index contributed by atoms with van der Waals surface area (Å²) in [7, 11) is 0. The maximum Gasteiger partial charge on any atom is 0.234 e. The normalized spacial score (nSPS) is 10.3. The quantitative estimate of drug-likeness (QED) is 0.597. The van der Waals surface area contributed by atoms with Gasteiger partial charge in [0.2, 0.25) is 11.0 Å². The van der Waals surface area contributed by atoms with Crippen LogP contribution in [0.15, 0.2) is 28.6 Å². The number of carbonyl (C=O) groups excluding carboxylic acids is 2. The molecule has 0 aliphatic rings. The van der Waals surface area contributed by atoms with Gasteiger partial charge in [0.25, 0.3) is 0 Å². The van der Waals surface area contributed by atoms with Crippen LogP contribution in [0.1, 0.15) is 24.2 Å². The van der Waals surface area contributed by atoms with Crippen molar-refractivity contribution in [3.8, 4) is 0 Å². The number of rotatable bonds is 7. The molecule has 116 valence electrons. The van der Waals surface area contributed by atoms with Crippen molar-refractivity contribution in [1.29, 1.82) is 0 Å². The molecule has 0 bridgehead atoms. The molecule has 1 aromatic heterocycles. The fourth-order valence-corrected chi connectivity index (χ4v) is 3.32.